The second-order valence-electron chi connectivity index (χ2n) is 2.80. The van der Waals surface area contributed by atoms with Gasteiger partial charge in [0.2, 0.25) is 0 Å². The van der Waals surface area contributed by atoms with Gasteiger partial charge >= 0.3 is 12.1 Å². The Labute approximate surface area is 99.5 Å². The first-order chi connectivity index (χ1) is 7.84. The zero-order valence-electron chi connectivity index (χ0n) is 8.43. The van der Waals surface area contributed by atoms with Crippen molar-refractivity contribution in [1.82, 2.24) is 4.98 Å². The molecule has 0 aliphatic carbocycles. The number of hydrogen-bond donors (Lipinski definition) is 0. The first kappa shape index (κ1) is 13.3. The molecule has 0 atom stereocenters. The molecule has 0 amide bonds. The summed E-state index contributed by atoms with van der Waals surface area (Å²) in [4.78, 5) is 14.0. The van der Waals surface area contributed by atoms with Gasteiger partial charge in [0.1, 0.15) is 5.15 Å². The summed E-state index contributed by atoms with van der Waals surface area (Å²) in [5, 5.41) is -0.666. The molecule has 17 heavy (non-hydrogen) atoms. The highest BCUT2D eigenvalue weighted by Gasteiger charge is 2.34. The zero-order valence-corrected chi connectivity index (χ0v) is 9.19. The Hall–Kier alpha value is -1.74. The lowest BCUT2D eigenvalue weighted by Crippen LogP contribution is -2.07. The lowest BCUT2D eigenvalue weighted by Gasteiger charge is -2.07. The molecular weight excluding hydrogens is 259 g/mol. The van der Waals surface area contributed by atoms with Crippen molar-refractivity contribution in [2.75, 3.05) is 7.11 Å². The SMILES string of the molecule is COC(=O)C#Cc1cnc(Cl)c(C(F)(F)F)c1. The molecule has 1 rings (SSSR count). The molecule has 0 aliphatic heterocycles. The van der Waals surface area contributed by atoms with E-state index in [1.54, 1.807) is 0 Å². The number of halogens is 4. The monoisotopic (exact) mass is 263 g/mol. The van der Waals surface area contributed by atoms with Gasteiger partial charge in [-0.05, 0) is 6.07 Å². The molecule has 0 aromatic carbocycles. The van der Waals surface area contributed by atoms with Crippen molar-refractivity contribution in [3.05, 3.63) is 28.5 Å². The molecule has 0 saturated heterocycles. The lowest BCUT2D eigenvalue weighted by molar-refractivity contribution is -0.137. The van der Waals surface area contributed by atoms with Crippen molar-refractivity contribution in [1.29, 1.82) is 0 Å². The number of aromatic nitrogens is 1. The molecule has 7 heteroatoms. The van der Waals surface area contributed by atoms with E-state index in [1.165, 1.54) is 0 Å². The van der Waals surface area contributed by atoms with E-state index in [0.29, 0.717) is 6.07 Å². The van der Waals surface area contributed by atoms with Gasteiger partial charge in [-0.25, -0.2) is 9.78 Å². The highest BCUT2D eigenvalue weighted by molar-refractivity contribution is 6.30. The minimum atomic E-state index is -4.62. The second kappa shape index (κ2) is 5.06. The van der Waals surface area contributed by atoms with E-state index in [1.807, 2.05) is 5.92 Å². The van der Waals surface area contributed by atoms with Crippen LogP contribution in [0.15, 0.2) is 12.3 Å². The van der Waals surface area contributed by atoms with Crippen molar-refractivity contribution in [2.24, 2.45) is 0 Å². The van der Waals surface area contributed by atoms with Gasteiger partial charge in [0.15, 0.2) is 0 Å². The van der Waals surface area contributed by atoms with Crippen LogP contribution in [0.3, 0.4) is 0 Å². The smallest absolute Gasteiger partial charge is 0.419 e. The number of carbonyl (C=O) groups is 1. The fourth-order valence-corrected chi connectivity index (χ4v) is 1.10. The Morgan fingerprint density at radius 3 is 2.71 bits per heavy atom. The van der Waals surface area contributed by atoms with Gasteiger partial charge in [-0.1, -0.05) is 17.5 Å². The number of alkyl halides is 3. The van der Waals surface area contributed by atoms with Crippen LogP contribution in [0.5, 0.6) is 0 Å². The molecule has 90 valence electrons. The van der Waals surface area contributed by atoms with E-state index < -0.39 is 22.9 Å². The summed E-state index contributed by atoms with van der Waals surface area (Å²) in [6.45, 7) is 0. The van der Waals surface area contributed by atoms with Crippen LogP contribution in [0.1, 0.15) is 11.1 Å². The van der Waals surface area contributed by atoms with Crippen LogP contribution in [-0.2, 0) is 15.7 Å². The Bertz CT molecular complexity index is 502. The van der Waals surface area contributed by atoms with E-state index in [2.05, 4.69) is 15.6 Å². The first-order valence-electron chi connectivity index (χ1n) is 4.17. The number of carbonyl (C=O) groups excluding carboxylic acids is 1. The minimum Gasteiger partial charge on any atom is -0.459 e. The summed E-state index contributed by atoms with van der Waals surface area (Å²) in [6.07, 6.45) is -3.58. The third kappa shape index (κ3) is 3.64. The molecular formula is C10H5ClF3NO2. The van der Waals surface area contributed by atoms with E-state index in [4.69, 9.17) is 11.6 Å². The largest absolute Gasteiger partial charge is 0.459 e. The quantitative estimate of drug-likeness (QED) is 0.409. The molecule has 1 aromatic rings. The Morgan fingerprint density at radius 2 is 2.18 bits per heavy atom. The molecule has 1 heterocycles. The number of pyridine rings is 1. The van der Waals surface area contributed by atoms with Crippen LogP contribution < -0.4 is 0 Å². The molecule has 0 N–H and O–H groups in total. The standard InChI is InChI=1S/C10H5ClF3NO2/c1-17-8(16)3-2-6-4-7(10(12,13)14)9(11)15-5-6/h4-5H,1H3. The van der Waals surface area contributed by atoms with E-state index >= 15 is 0 Å². The Balaban J connectivity index is 3.12. The topological polar surface area (TPSA) is 39.2 Å². The fourth-order valence-electron chi connectivity index (χ4n) is 0.889. The summed E-state index contributed by atoms with van der Waals surface area (Å²) in [6, 6.07) is 0.714. The molecule has 0 bridgehead atoms. The van der Waals surface area contributed by atoms with Crippen LogP contribution in [0.2, 0.25) is 5.15 Å². The van der Waals surface area contributed by atoms with E-state index in [9.17, 15) is 18.0 Å². The van der Waals surface area contributed by atoms with Crippen molar-refractivity contribution >= 4 is 17.6 Å². The number of rotatable bonds is 0. The van der Waals surface area contributed by atoms with Crippen molar-refractivity contribution in [3.8, 4) is 11.8 Å². The van der Waals surface area contributed by atoms with Gasteiger partial charge in [-0.2, -0.15) is 13.2 Å². The van der Waals surface area contributed by atoms with Gasteiger partial charge in [0.25, 0.3) is 0 Å². The van der Waals surface area contributed by atoms with Gasteiger partial charge in [0, 0.05) is 17.7 Å². The molecule has 0 unspecified atom stereocenters. The zero-order chi connectivity index (χ0) is 13.1. The van der Waals surface area contributed by atoms with Crippen LogP contribution in [0, 0.1) is 11.8 Å². The average molecular weight is 264 g/mol. The summed E-state index contributed by atoms with van der Waals surface area (Å²) in [5.41, 5.74) is -1.18. The van der Waals surface area contributed by atoms with E-state index in [0.717, 1.165) is 13.3 Å². The van der Waals surface area contributed by atoms with Gasteiger partial charge in [-0.15, -0.1) is 0 Å². The Morgan fingerprint density at radius 1 is 1.53 bits per heavy atom. The number of nitrogens with zero attached hydrogens (tertiary/aromatic N) is 1. The lowest BCUT2D eigenvalue weighted by atomic mass is 10.2. The summed E-state index contributed by atoms with van der Waals surface area (Å²) >= 11 is 5.30. The average Bonchev–Trinajstić information content (AvgIpc) is 2.26. The number of esters is 1. The highest BCUT2D eigenvalue weighted by Crippen LogP contribution is 2.33. The number of ether oxygens (including phenoxy) is 1. The van der Waals surface area contributed by atoms with Crippen LogP contribution in [0.25, 0.3) is 0 Å². The summed E-state index contributed by atoms with van der Waals surface area (Å²) in [5.74, 6) is 3.32. The molecule has 0 aliphatic rings. The molecule has 0 saturated carbocycles. The highest BCUT2D eigenvalue weighted by atomic mass is 35.5. The molecule has 0 spiro atoms. The molecule has 0 radical (unpaired) electrons. The van der Waals surface area contributed by atoms with Gasteiger partial charge in [0.05, 0.1) is 12.7 Å². The maximum absolute atomic E-state index is 12.4. The molecule has 3 nitrogen and oxygen atoms in total. The van der Waals surface area contributed by atoms with Crippen LogP contribution in [-0.4, -0.2) is 18.1 Å². The third-order valence-electron chi connectivity index (χ3n) is 1.64. The predicted molar refractivity (Wildman–Crippen MR) is 53.1 cm³/mol. The normalized spacial score (nSPS) is 10.4. The maximum atomic E-state index is 12.4. The fraction of sp³-hybridized carbons (Fsp3) is 0.200. The number of methoxy groups -OCH3 is 1. The summed E-state index contributed by atoms with van der Waals surface area (Å²) < 4.78 is 41.5. The minimum absolute atomic E-state index is 0.0767. The third-order valence-corrected chi connectivity index (χ3v) is 1.94. The van der Waals surface area contributed by atoms with Crippen molar-refractivity contribution in [3.63, 3.8) is 0 Å². The molecule has 1 aromatic heterocycles. The van der Waals surface area contributed by atoms with Crippen molar-refractivity contribution < 1.29 is 22.7 Å². The number of hydrogen-bond acceptors (Lipinski definition) is 3. The predicted octanol–water partition coefficient (Wildman–Crippen LogP) is 2.28. The maximum Gasteiger partial charge on any atom is 0.419 e. The summed E-state index contributed by atoms with van der Waals surface area (Å²) in [7, 11) is 1.11. The van der Waals surface area contributed by atoms with Gasteiger partial charge in [-0.3, -0.25) is 0 Å². The Kier molecular flexibility index (Phi) is 3.97. The second-order valence-corrected chi connectivity index (χ2v) is 3.16. The first-order valence-corrected chi connectivity index (χ1v) is 4.55. The van der Waals surface area contributed by atoms with Crippen LogP contribution in [0.4, 0.5) is 13.2 Å². The van der Waals surface area contributed by atoms with Gasteiger partial charge < -0.3 is 4.74 Å². The van der Waals surface area contributed by atoms with Crippen LogP contribution >= 0.6 is 11.6 Å². The van der Waals surface area contributed by atoms with Crippen molar-refractivity contribution in [2.45, 2.75) is 6.18 Å². The van der Waals surface area contributed by atoms with E-state index in [-0.39, 0.29) is 5.56 Å². The molecule has 0 fully saturated rings.